The summed E-state index contributed by atoms with van der Waals surface area (Å²) in [5.41, 5.74) is 5.80. The zero-order valence-electron chi connectivity index (χ0n) is 17.8. The van der Waals surface area contributed by atoms with Crippen LogP contribution in [-0.2, 0) is 0 Å². The first-order valence-corrected chi connectivity index (χ1v) is 11.7. The summed E-state index contributed by atoms with van der Waals surface area (Å²) in [4.78, 5) is 18.7. The number of likely N-dealkylation sites (tertiary alicyclic amines) is 1. The highest BCUT2D eigenvalue weighted by Gasteiger charge is 2.39. The first-order valence-electron chi connectivity index (χ1n) is 11.7. The number of carbonyl (C=O) groups is 1. The molecule has 3 unspecified atom stereocenters. The number of fused-ring (bicyclic) bond motifs is 4. The Morgan fingerprint density at radius 3 is 2.68 bits per heavy atom. The number of hydrogen-bond acceptors (Lipinski definition) is 2. The number of aromatic amines is 1. The van der Waals surface area contributed by atoms with E-state index in [9.17, 15) is 4.79 Å². The molecule has 0 bridgehead atoms. The van der Waals surface area contributed by atoms with Crippen LogP contribution in [0.5, 0.6) is 0 Å². The van der Waals surface area contributed by atoms with Crippen molar-refractivity contribution in [1.82, 2.24) is 9.88 Å². The van der Waals surface area contributed by atoms with E-state index in [1.54, 1.807) is 0 Å². The number of benzene rings is 2. The Kier molecular flexibility index (Phi) is 4.59. The summed E-state index contributed by atoms with van der Waals surface area (Å²) in [5, 5.41) is 5.13. The molecule has 3 atom stereocenters. The maximum Gasteiger partial charge on any atom is 0.253 e. The van der Waals surface area contributed by atoms with Crippen LogP contribution in [0.2, 0.25) is 0 Å². The molecule has 2 N–H and O–H groups in total. The Morgan fingerprint density at radius 1 is 0.968 bits per heavy atom. The molecule has 3 aliphatic rings. The van der Waals surface area contributed by atoms with Gasteiger partial charge in [0.2, 0.25) is 0 Å². The molecule has 158 valence electrons. The van der Waals surface area contributed by atoms with Crippen LogP contribution in [0.3, 0.4) is 0 Å². The number of nitrogens with zero attached hydrogens (tertiary/aromatic N) is 1. The zero-order chi connectivity index (χ0) is 20.8. The van der Waals surface area contributed by atoms with Crippen LogP contribution in [0.25, 0.3) is 10.9 Å². The topological polar surface area (TPSA) is 48.1 Å². The highest BCUT2D eigenvalue weighted by Crippen LogP contribution is 2.50. The summed E-state index contributed by atoms with van der Waals surface area (Å²) in [7, 11) is 0. The predicted molar refractivity (Wildman–Crippen MR) is 125 cm³/mol. The fourth-order valence-corrected chi connectivity index (χ4v) is 5.84. The number of aromatic nitrogens is 1. The number of rotatable bonds is 2. The van der Waals surface area contributed by atoms with Crippen molar-refractivity contribution in [3.63, 3.8) is 0 Å². The lowest BCUT2D eigenvalue weighted by atomic mass is 9.76. The third kappa shape index (κ3) is 3.16. The first kappa shape index (κ1) is 18.7. The average molecular weight is 412 g/mol. The lowest BCUT2D eigenvalue weighted by Crippen LogP contribution is -2.33. The summed E-state index contributed by atoms with van der Waals surface area (Å²) in [6.45, 7) is 1.78. The minimum absolute atomic E-state index is 0.196. The molecule has 4 heteroatoms. The van der Waals surface area contributed by atoms with Crippen LogP contribution < -0.4 is 5.32 Å². The van der Waals surface area contributed by atoms with E-state index < -0.39 is 0 Å². The molecule has 1 aromatic heterocycles. The zero-order valence-corrected chi connectivity index (χ0v) is 17.8. The van der Waals surface area contributed by atoms with Gasteiger partial charge in [0.25, 0.3) is 5.91 Å². The average Bonchev–Trinajstić information content (AvgIpc) is 3.38. The van der Waals surface area contributed by atoms with Crippen molar-refractivity contribution in [3.05, 3.63) is 77.5 Å². The molecular weight excluding hydrogens is 382 g/mol. The van der Waals surface area contributed by atoms with Crippen LogP contribution in [0, 0.1) is 5.92 Å². The summed E-state index contributed by atoms with van der Waals surface area (Å²) in [5.74, 6) is 1.02. The molecule has 3 heterocycles. The van der Waals surface area contributed by atoms with E-state index in [1.165, 1.54) is 34.9 Å². The number of allylic oxidation sites excluding steroid dienone is 2. The second-order valence-electron chi connectivity index (χ2n) is 9.27. The molecule has 1 fully saturated rings. The smallest absolute Gasteiger partial charge is 0.253 e. The molecule has 0 spiro atoms. The van der Waals surface area contributed by atoms with Crippen LogP contribution in [0.1, 0.15) is 65.5 Å². The molecule has 0 saturated carbocycles. The van der Waals surface area contributed by atoms with Crippen molar-refractivity contribution in [1.29, 1.82) is 0 Å². The second kappa shape index (κ2) is 7.60. The molecule has 3 aromatic rings. The van der Waals surface area contributed by atoms with Gasteiger partial charge in [0.15, 0.2) is 0 Å². The maximum absolute atomic E-state index is 13.2. The summed E-state index contributed by atoms with van der Waals surface area (Å²) < 4.78 is 0. The minimum Gasteiger partial charge on any atom is -0.378 e. The molecule has 4 nitrogen and oxygen atoms in total. The Morgan fingerprint density at radius 2 is 1.81 bits per heavy atom. The number of H-pyrrole nitrogens is 1. The molecule has 6 rings (SSSR count). The van der Waals surface area contributed by atoms with Crippen molar-refractivity contribution in [3.8, 4) is 0 Å². The van der Waals surface area contributed by atoms with Gasteiger partial charge in [-0.2, -0.15) is 0 Å². The van der Waals surface area contributed by atoms with Crippen LogP contribution in [0.15, 0.2) is 60.8 Å². The molecule has 0 radical (unpaired) electrons. The first-order chi connectivity index (χ1) is 15.3. The van der Waals surface area contributed by atoms with E-state index in [0.717, 1.165) is 43.6 Å². The molecular formula is C27H29N3O. The number of carbonyl (C=O) groups excluding carboxylic acids is 1. The van der Waals surface area contributed by atoms with Crippen LogP contribution in [0.4, 0.5) is 5.69 Å². The van der Waals surface area contributed by atoms with Gasteiger partial charge in [-0.05, 0) is 60.6 Å². The SMILES string of the molecule is O=C(c1ccc2c(c1)C1C=CCC1C(c1c[nH]c3ccccc13)N2)N1CCCCCC1. The number of nitrogens with one attached hydrogen (secondary N) is 2. The standard InChI is InChI=1S/C27H29N3O/c31-27(30-14-5-1-2-6-15-30)18-12-13-25-22(16-18)19-9-7-10-21(19)26(29-25)23-17-28-24-11-4-3-8-20(23)24/h3-4,7-9,11-13,16-17,19,21,26,28-29H,1-2,5-6,10,14-15H2. The minimum atomic E-state index is 0.196. The van der Waals surface area contributed by atoms with Gasteiger partial charge in [-0.15, -0.1) is 0 Å². The highest BCUT2D eigenvalue weighted by molar-refractivity contribution is 5.95. The normalized spacial score (nSPS) is 25.0. The number of hydrogen-bond donors (Lipinski definition) is 2. The van der Waals surface area contributed by atoms with E-state index >= 15 is 0 Å². The number of amides is 1. The number of para-hydroxylation sites is 1. The van der Waals surface area contributed by atoms with Crippen molar-refractivity contribution >= 4 is 22.5 Å². The highest BCUT2D eigenvalue weighted by atomic mass is 16.2. The van der Waals surface area contributed by atoms with Gasteiger partial charge in [0.05, 0.1) is 6.04 Å². The lowest BCUT2D eigenvalue weighted by Gasteiger charge is -2.37. The lowest BCUT2D eigenvalue weighted by molar-refractivity contribution is 0.0761. The Labute approximate surface area is 183 Å². The van der Waals surface area contributed by atoms with Crippen molar-refractivity contribution in [2.24, 2.45) is 5.92 Å². The fraction of sp³-hybridized carbons (Fsp3) is 0.370. The van der Waals surface area contributed by atoms with E-state index in [-0.39, 0.29) is 11.9 Å². The molecule has 2 aromatic carbocycles. The van der Waals surface area contributed by atoms with Gasteiger partial charge >= 0.3 is 0 Å². The quantitative estimate of drug-likeness (QED) is 0.507. The Bertz CT molecular complexity index is 1150. The second-order valence-corrected chi connectivity index (χ2v) is 9.27. The van der Waals surface area contributed by atoms with Gasteiger partial charge in [-0.3, -0.25) is 4.79 Å². The van der Waals surface area contributed by atoms with E-state index in [2.05, 4.69) is 69.9 Å². The van der Waals surface area contributed by atoms with Gasteiger partial charge in [-0.1, -0.05) is 43.2 Å². The molecule has 31 heavy (non-hydrogen) atoms. The Hall–Kier alpha value is -3.01. The van der Waals surface area contributed by atoms with E-state index in [1.807, 2.05) is 6.07 Å². The Balaban J connectivity index is 1.35. The fourth-order valence-electron chi connectivity index (χ4n) is 5.84. The molecule has 1 amide bonds. The maximum atomic E-state index is 13.2. The van der Waals surface area contributed by atoms with Crippen LogP contribution in [-0.4, -0.2) is 28.9 Å². The summed E-state index contributed by atoms with van der Waals surface area (Å²) in [6, 6.07) is 15.1. The van der Waals surface area contributed by atoms with Crippen molar-refractivity contribution in [2.45, 2.75) is 44.1 Å². The molecule has 1 saturated heterocycles. The molecule has 1 aliphatic carbocycles. The van der Waals surface area contributed by atoms with Gasteiger partial charge in [0, 0.05) is 47.4 Å². The van der Waals surface area contributed by atoms with E-state index in [4.69, 9.17) is 0 Å². The van der Waals surface area contributed by atoms with Gasteiger partial charge in [0.1, 0.15) is 0 Å². The van der Waals surface area contributed by atoms with Crippen molar-refractivity contribution < 1.29 is 4.79 Å². The monoisotopic (exact) mass is 411 g/mol. The molecule has 2 aliphatic heterocycles. The van der Waals surface area contributed by atoms with E-state index in [0.29, 0.717) is 11.8 Å². The summed E-state index contributed by atoms with van der Waals surface area (Å²) in [6.07, 6.45) is 12.6. The van der Waals surface area contributed by atoms with Gasteiger partial charge < -0.3 is 15.2 Å². The number of anilines is 1. The predicted octanol–water partition coefficient (Wildman–Crippen LogP) is 6.01. The van der Waals surface area contributed by atoms with Crippen LogP contribution >= 0.6 is 0 Å². The third-order valence-corrected chi connectivity index (χ3v) is 7.46. The third-order valence-electron chi connectivity index (χ3n) is 7.46. The largest absolute Gasteiger partial charge is 0.378 e. The van der Waals surface area contributed by atoms with Crippen molar-refractivity contribution in [2.75, 3.05) is 18.4 Å². The summed E-state index contributed by atoms with van der Waals surface area (Å²) >= 11 is 0. The van der Waals surface area contributed by atoms with Gasteiger partial charge in [-0.25, -0.2) is 0 Å².